The topological polar surface area (TPSA) is 79.0 Å². The number of halogens is 1. The van der Waals surface area contributed by atoms with Crippen molar-refractivity contribution >= 4 is 35.2 Å². The van der Waals surface area contributed by atoms with Crippen LogP contribution in [0.4, 0.5) is 10.5 Å². The van der Waals surface area contributed by atoms with Crippen LogP contribution >= 0.6 is 11.6 Å². The number of amides is 3. The molecule has 1 aromatic rings. The largest absolute Gasteiger partial charge is 0.450 e. The summed E-state index contributed by atoms with van der Waals surface area (Å²) in [5, 5.41) is 3.39. The van der Waals surface area contributed by atoms with E-state index in [1.54, 1.807) is 41.0 Å². The van der Waals surface area contributed by atoms with Gasteiger partial charge in [-0.2, -0.15) is 0 Å². The normalized spacial score (nSPS) is 18.2. The summed E-state index contributed by atoms with van der Waals surface area (Å²) in [6.07, 6.45) is 0.730. The lowest BCUT2D eigenvalue weighted by molar-refractivity contribution is -0.143. The summed E-state index contributed by atoms with van der Waals surface area (Å²) in [5.74, 6) is -0.440. The molecule has 7 nitrogen and oxygen atoms in total. The zero-order chi connectivity index (χ0) is 18.7. The van der Waals surface area contributed by atoms with Gasteiger partial charge in [0.2, 0.25) is 11.8 Å². The van der Waals surface area contributed by atoms with Crippen LogP contribution < -0.4 is 5.32 Å². The molecule has 1 saturated carbocycles. The number of anilines is 1. The lowest BCUT2D eigenvalue weighted by atomic mass is 10.0. The number of nitrogens with zero attached hydrogens (tertiary/aromatic N) is 2. The van der Waals surface area contributed by atoms with Crippen LogP contribution in [0.1, 0.15) is 19.8 Å². The first-order valence-electron chi connectivity index (χ1n) is 8.74. The van der Waals surface area contributed by atoms with Crippen molar-refractivity contribution in [3.05, 3.63) is 29.3 Å². The predicted molar refractivity (Wildman–Crippen MR) is 96.9 cm³/mol. The van der Waals surface area contributed by atoms with Gasteiger partial charge in [-0.05, 0) is 44.0 Å². The highest BCUT2D eigenvalue weighted by Gasteiger charge is 2.58. The molecule has 0 spiro atoms. The number of piperazine rings is 1. The average Bonchev–Trinajstić information content (AvgIpc) is 3.45. The van der Waals surface area contributed by atoms with Crippen LogP contribution in [0, 0.1) is 5.41 Å². The Labute approximate surface area is 157 Å². The summed E-state index contributed by atoms with van der Waals surface area (Å²) in [6, 6.07) is 6.79. The lowest BCUT2D eigenvalue weighted by Gasteiger charge is -2.35. The fourth-order valence-electron chi connectivity index (χ4n) is 3.06. The van der Waals surface area contributed by atoms with E-state index >= 15 is 0 Å². The van der Waals surface area contributed by atoms with E-state index < -0.39 is 5.41 Å². The molecule has 1 N–H and O–H groups in total. The second kappa shape index (κ2) is 7.53. The number of carbonyl (C=O) groups is 3. The standard InChI is InChI=1S/C18H22ClN3O4/c1-2-26-17(25)22-11-9-21(10-12-22)16(24)18(7-8-18)15(23)20-14-5-3-13(19)4-6-14/h3-6H,2,7-12H2,1H3,(H,20,23). The molecule has 0 unspecified atom stereocenters. The van der Waals surface area contributed by atoms with E-state index in [1.807, 2.05) is 0 Å². The number of ether oxygens (including phenoxy) is 1. The van der Waals surface area contributed by atoms with Gasteiger partial charge in [-0.1, -0.05) is 11.6 Å². The summed E-state index contributed by atoms with van der Waals surface area (Å²) >= 11 is 5.85. The zero-order valence-electron chi connectivity index (χ0n) is 14.7. The van der Waals surface area contributed by atoms with Gasteiger partial charge in [0.05, 0.1) is 6.61 Å². The Morgan fingerprint density at radius 3 is 2.19 bits per heavy atom. The Hall–Kier alpha value is -2.28. The molecule has 1 aromatic carbocycles. The molecule has 1 heterocycles. The van der Waals surface area contributed by atoms with Crippen LogP contribution in [-0.4, -0.2) is 60.5 Å². The van der Waals surface area contributed by atoms with Crippen molar-refractivity contribution in [1.29, 1.82) is 0 Å². The number of hydrogen-bond donors (Lipinski definition) is 1. The molecule has 2 aliphatic rings. The molecule has 0 atom stereocenters. The minimum atomic E-state index is -0.980. The molecule has 1 aliphatic carbocycles. The van der Waals surface area contributed by atoms with Crippen molar-refractivity contribution in [3.63, 3.8) is 0 Å². The molecule has 2 fully saturated rings. The van der Waals surface area contributed by atoms with Crippen LogP contribution in [-0.2, 0) is 14.3 Å². The smallest absolute Gasteiger partial charge is 0.409 e. The molecule has 140 valence electrons. The van der Waals surface area contributed by atoms with E-state index in [0.717, 1.165) is 0 Å². The Kier molecular flexibility index (Phi) is 5.36. The van der Waals surface area contributed by atoms with Crippen LogP contribution in [0.2, 0.25) is 5.02 Å². The predicted octanol–water partition coefficient (Wildman–Crippen LogP) is 2.36. The fourth-order valence-corrected chi connectivity index (χ4v) is 3.18. The Bertz CT molecular complexity index is 695. The third kappa shape index (κ3) is 3.77. The second-order valence-corrected chi connectivity index (χ2v) is 6.96. The van der Waals surface area contributed by atoms with Gasteiger partial charge in [-0.3, -0.25) is 9.59 Å². The van der Waals surface area contributed by atoms with Crippen molar-refractivity contribution in [2.24, 2.45) is 5.41 Å². The van der Waals surface area contributed by atoms with Gasteiger partial charge in [-0.25, -0.2) is 4.79 Å². The van der Waals surface area contributed by atoms with Gasteiger partial charge in [0, 0.05) is 36.9 Å². The molecule has 8 heteroatoms. The maximum atomic E-state index is 12.9. The summed E-state index contributed by atoms with van der Waals surface area (Å²) in [4.78, 5) is 40.5. The van der Waals surface area contributed by atoms with Crippen molar-refractivity contribution in [2.45, 2.75) is 19.8 Å². The first kappa shape index (κ1) is 18.5. The highest BCUT2D eigenvalue weighted by atomic mass is 35.5. The Morgan fingerprint density at radius 2 is 1.65 bits per heavy atom. The lowest BCUT2D eigenvalue weighted by Crippen LogP contribution is -2.53. The van der Waals surface area contributed by atoms with Crippen molar-refractivity contribution in [2.75, 3.05) is 38.1 Å². The number of hydrogen-bond acceptors (Lipinski definition) is 4. The van der Waals surface area contributed by atoms with Gasteiger partial charge in [0.1, 0.15) is 5.41 Å². The van der Waals surface area contributed by atoms with Crippen LogP contribution in [0.15, 0.2) is 24.3 Å². The molecule has 0 bridgehead atoms. The van der Waals surface area contributed by atoms with E-state index in [9.17, 15) is 14.4 Å². The maximum absolute atomic E-state index is 12.9. The van der Waals surface area contributed by atoms with Crippen molar-refractivity contribution in [1.82, 2.24) is 9.80 Å². The summed E-state index contributed by atoms with van der Waals surface area (Å²) in [7, 11) is 0. The number of rotatable bonds is 4. The van der Waals surface area contributed by atoms with Crippen LogP contribution in [0.25, 0.3) is 0 Å². The third-order valence-corrected chi connectivity index (χ3v) is 5.04. The maximum Gasteiger partial charge on any atom is 0.409 e. The summed E-state index contributed by atoms with van der Waals surface area (Å²) < 4.78 is 4.98. The highest BCUT2D eigenvalue weighted by molar-refractivity contribution is 6.30. The quantitative estimate of drug-likeness (QED) is 0.814. The number of carbonyl (C=O) groups excluding carboxylic acids is 3. The van der Waals surface area contributed by atoms with Crippen LogP contribution in [0.5, 0.6) is 0 Å². The monoisotopic (exact) mass is 379 g/mol. The van der Waals surface area contributed by atoms with Gasteiger partial charge in [-0.15, -0.1) is 0 Å². The molecule has 0 aromatic heterocycles. The SMILES string of the molecule is CCOC(=O)N1CCN(C(=O)C2(C(=O)Nc3ccc(Cl)cc3)CC2)CC1. The third-order valence-electron chi connectivity index (χ3n) is 4.79. The molecule has 3 rings (SSSR count). The molecular weight excluding hydrogens is 358 g/mol. The first-order chi connectivity index (χ1) is 12.5. The molecule has 26 heavy (non-hydrogen) atoms. The average molecular weight is 380 g/mol. The first-order valence-corrected chi connectivity index (χ1v) is 9.12. The van der Waals surface area contributed by atoms with Gasteiger partial charge < -0.3 is 19.9 Å². The highest BCUT2D eigenvalue weighted by Crippen LogP contribution is 2.48. The molecule has 1 saturated heterocycles. The fraction of sp³-hybridized carbons (Fsp3) is 0.500. The van der Waals surface area contributed by atoms with Crippen molar-refractivity contribution < 1.29 is 19.1 Å². The van der Waals surface area contributed by atoms with Gasteiger partial charge >= 0.3 is 6.09 Å². The number of nitrogens with one attached hydrogen (secondary N) is 1. The molecule has 1 aliphatic heterocycles. The van der Waals surface area contributed by atoms with E-state index in [4.69, 9.17) is 16.3 Å². The van der Waals surface area contributed by atoms with Crippen LogP contribution in [0.3, 0.4) is 0 Å². The minimum absolute atomic E-state index is 0.160. The van der Waals surface area contributed by atoms with Crippen molar-refractivity contribution in [3.8, 4) is 0 Å². The zero-order valence-corrected chi connectivity index (χ0v) is 15.4. The molecule has 3 amide bonds. The van der Waals surface area contributed by atoms with E-state index in [-0.39, 0.29) is 17.9 Å². The van der Waals surface area contributed by atoms with E-state index in [0.29, 0.717) is 56.3 Å². The molecule has 0 radical (unpaired) electrons. The Balaban J connectivity index is 1.58. The van der Waals surface area contributed by atoms with E-state index in [1.165, 1.54) is 0 Å². The minimum Gasteiger partial charge on any atom is -0.450 e. The second-order valence-electron chi connectivity index (χ2n) is 6.52. The Morgan fingerprint density at radius 1 is 1.08 bits per heavy atom. The molecular formula is C18H22ClN3O4. The summed E-state index contributed by atoms with van der Waals surface area (Å²) in [5.41, 5.74) is -0.364. The van der Waals surface area contributed by atoms with E-state index in [2.05, 4.69) is 5.32 Å². The number of benzene rings is 1. The summed E-state index contributed by atoms with van der Waals surface area (Å²) in [6.45, 7) is 3.74. The van der Waals surface area contributed by atoms with Gasteiger partial charge in [0.15, 0.2) is 0 Å². The van der Waals surface area contributed by atoms with Gasteiger partial charge in [0.25, 0.3) is 0 Å².